The Morgan fingerprint density at radius 1 is 1.31 bits per heavy atom. The van der Waals surface area contributed by atoms with E-state index in [1.54, 1.807) is 11.8 Å². The highest BCUT2D eigenvalue weighted by Gasteiger charge is 2.06. The highest BCUT2D eigenvalue weighted by molar-refractivity contribution is 7.98. The molecule has 84 valence electrons. The first-order valence-electron chi connectivity index (χ1n) is 4.69. The Bertz CT molecular complexity index is 433. The first-order chi connectivity index (χ1) is 7.88. The molecule has 0 radical (unpaired) electrons. The molecule has 0 unspecified atom stereocenters. The van der Waals surface area contributed by atoms with Gasteiger partial charge in [-0.2, -0.15) is 4.98 Å². The predicted molar refractivity (Wildman–Crippen MR) is 59.3 cm³/mol. The van der Waals surface area contributed by atoms with Crippen LogP contribution in [0.2, 0.25) is 0 Å². The number of aromatic nitrogens is 2. The molecule has 0 aliphatic carbocycles. The lowest BCUT2D eigenvalue weighted by atomic mass is 10.4. The minimum atomic E-state index is 0.142. The van der Waals surface area contributed by atoms with E-state index >= 15 is 0 Å². The monoisotopic (exact) mass is 237 g/mol. The molecule has 1 heterocycles. The third kappa shape index (κ3) is 3.06. The van der Waals surface area contributed by atoms with Crippen LogP contribution in [0.4, 0.5) is 0 Å². The molecule has 0 saturated heterocycles. The molecular formula is C10H11N3O2S. The Morgan fingerprint density at radius 2 is 2.12 bits per heavy atom. The lowest BCUT2D eigenvalue weighted by Crippen LogP contribution is -1.98. The zero-order valence-electron chi connectivity index (χ0n) is 8.50. The van der Waals surface area contributed by atoms with Gasteiger partial charge in [0.1, 0.15) is 6.61 Å². The molecule has 1 aromatic heterocycles. The molecule has 0 atom stereocenters. The number of hydrogen-bond donors (Lipinski definition) is 1. The number of hydrogen-bond acceptors (Lipinski definition) is 6. The number of nitrogens with two attached hydrogens (primary N) is 1. The minimum Gasteiger partial charge on any atom is -0.337 e. The Kier molecular flexibility index (Phi) is 3.92. The maximum Gasteiger partial charge on any atom is 0.254 e. The minimum absolute atomic E-state index is 0.142. The average Bonchev–Trinajstić information content (AvgIpc) is 2.76. The maximum atomic E-state index is 4.91. The molecule has 0 saturated carbocycles. The topological polar surface area (TPSA) is 74.2 Å². The van der Waals surface area contributed by atoms with Gasteiger partial charge in [-0.15, -0.1) is 11.8 Å². The zero-order chi connectivity index (χ0) is 11.2. The standard InChI is InChI=1S/C10H11N3O2S/c11-14-6-10-12-9(13-15-10)7-16-8-4-2-1-3-5-8/h1-5H,6-7,11H2. The molecule has 0 fully saturated rings. The van der Waals surface area contributed by atoms with Crippen molar-refractivity contribution in [3.8, 4) is 0 Å². The summed E-state index contributed by atoms with van der Waals surface area (Å²) in [6.45, 7) is 0.142. The van der Waals surface area contributed by atoms with E-state index in [0.717, 1.165) is 0 Å². The van der Waals surface area contributed by atoms with Crippen LogP contribution in [0.3, 0.4) is 0 Å². The van der Waals surface area contributed by atoms with Gasteiger partial charge in [0.05, 0.1) is 5.75 Å². The summed E-state index contributed by atoms with van der Waals surface area (Å²) in [5.74, 6) is 6.60. The Morgan fingerprint density at radius 3 is 2.88 bits per heavy atom. The molecule has 5 nitrogen and oxygen atoms in total. The highest BCUT2D eigenvalue weighted by atomic mass is 32.2. The van der Waals surface area contributed by atoms with Crippen LogP contribution in [0.5, 0.6) is 0 Å². The van der Waals surface area contributed by atoms with Crippen LogP contribution in [0.25, 0.3) is 0 Å². The summed E-state index contributed by atoms with van der Waals surface area (Å²) in [5.41, 5.74) is 0. The predicted octanol–water partition coefficient (Wildman–Crippen LogP) is 1.75. The second-order valence-electron chi connectivity index (χ2n) is 3.02. The molecule has 0 aliphatic heterocycles. The molecule has 0 bridgehead atoms. The normalized spacial score (nSPS) is 10.6. The largest absolute Gasteiger partial charge is 0.337 e. The van der Waals surface area contributed by atoms with E-state index in [0.29, 0.717) is 17.5 Å². The van der Waals surface area contributed by atoms with Crippen molar-refractivity contribution in [1.82, 2.24) is 10.1 Å². The first kappa shape index (κ1) is 11.1. The quantitative estimate of drug-likeness (QED) is 0.630. The smallest absolute Gasteiger partial charge is 0.254 e. The molecule has 1 aromatic carbocycles. The average molecular weight is 237 g/mol. The second-order valence-corrected chi connectivity index (χ2v) is 4.07. The van der Waals surface area contributed by atoms with Crippen molar-refractivity contribution >= 4 is 11.8 Å². The fourth-order valence-corrected chi connectivity index (χ4v) is 1.91. The maximum absolute atomic E-state index is 4.91. The van der Waals surface area contributed by atoms with Crippen molar-refractivity contribution in [3.05, 3.63) is 42.0 Å². The fourth-order valence-electron chi connectivity index (χ4n) is 1.14. The lowest BCUT2D eigenvalue weighted by molar-refractivity contribution is 0.0995. The van der Waals surface area contributed by atoms with Crippen molar-refractivity contribution in [2.24, 2.45) is 5.90 Å². The van der Waals surface area contributed by atoms with Crippen LogP contribution >= 0.6 is 11.8 Å². The van der Waals surface area contributed by atoms with Gasteiger partial charge in [0.2, 0.25) is 0 Å². The van der Waals surface area contributed by atoms with Gasteiger partial charge in [-0.3, -0.25) is 4.84 Å². The van der Waals surface area contributed by atoms with Gasteiger partial charge >= 0.3 is 0 Å². The summed E-state index contributed by atoms with van der Waals surface area (Å²) in [6.07, 6.45) is 0. The molecule has 6 heteroatoms. The van der Waals surface area contributed by atoms with Gasteiger partial charge in [-0.05, 0) is 12.1 Å². The summed E-state index contributed by atoms with van der Waals surface area (Å²) in [4.78, 5) is 9.68. The van der Waals surface area contributed by atoms with E-state index in [9.17, 15) is 0 Å². The third-order valence-corrected chi connectivity index (χ3v) is 2.84. The zero-order valence-corrected chi connectivity index (χ0v) is 9.31. The Labute approximate surface area is 96.9 Å². The number of rotatable bonds is 5. The highest BCUT2D eigenvalue weighted by Crippen LogP contribution is 2.20. The van der Waals surface area contributed by atoms with Gasteiger partial charge in [-0.25, -0.2) is 5.90 Å². The lowest BCUT2D eigenvalue weighted by Gasteiger charge is -1.96. The van der Waals surface area contributed by atoms with Crippen molar-refractivity contribution in [2.75, 3.05) is 0 Å². The molecular weight excluding hydrogens is 226 g/mol. The summed E-state index contributed by atoms with van der Waals surface area (Å²) >= 11 is 1.65. The third-order valence-electron chi connectivity index (χ3n) is 1.83. The van der Waals surface area contributed by atoms with Gasteiger partial charge < -0.3 is 4.52 Å². The van der Waals surface area contributed by atoms with Crippen molar-refractivity contribution in [2.45, 2.75) is 17.3 Å². The molecule has 0 spiro atoms. The van der Waals surface area contributed by atoms with E-state index in [1.165, 1.54) is 4.90 Å². The van der Waals surface area contributed by atoms with Crippen LogP contribution < -0.4 is 5.90 Å². The van der Waals surface area contributed by atoms with Crippen molar-refractivity contribution in [3.63, 3.8) is 0 Å². The van der Waals surface area contributed by atoms with E-state index in [2.05, 4.69) is 15.0 Å². The van der Waals surface area contributed by atoms with Crippen molar-refractivity contribution < 1.29 is 9.36 Å². The van der Waals surface area contributed by atoms with Crippen LogP contribution in [-0.4, -0.2) is 10.1 Å². The van der Waals surface area contributed by atoms with E-state index < -0.39 is 0 Å². The Hall–Kier alpha value is -1.37. The number of benzene rings is 1. The van der Waals surface area contributed by atoms with Gasteiger partial charge in [-0.1, -0.05) is 23.4 Å². The van der Waals surface area contributed by atoms with Gasteiger partial charge in [0.25, 0.3) is 5.89 Å². The summed E-state index contributed by atoms with van der Waals surface area (Å²) in [5, 5.41) is 3.81. The van der Waals surface area contributed by atoms with Crippen LogP contribution in [-0.2, 0) is 17.2 Å². The molecule has 0 aliphatic rings. The van der Waals surface area contributed by atoms with Crippen LogP contribution in [0.1, 0.15) is 11.7 Å². The fraction of sp³-hybridized carbons (Fsp3) is 0.200. The molecule has 2 rings (SSSR count). The van der Waals surface area contributed by atoms with E-state index in [4.69, 9.17) is 10.4 Å². The van der Waals surface area contributed by atoms with Gasteiger partial charge in [0.15, 0.2) is 5.82 Å². The SMILES string of the molecule is NOCc1nc(CSc2ccccc2)no1. The number of nitrogens with zero attached hydrogens (tertiary/aromatic N) is 2. The van der Waals surface area contributed by atoms with Crippen LogP contribution in [0, 0.1) is 0 Å². The molecule has 2 N–H and O–H groups in total. The summed E-state index contributed by atoms with van der Waals surface area (Å²) in [6, 6.07) is 10.0. The molecule has 2 aromatic rings. The van der Waals surface area contributed by atoms with E-state index in [1.807, 2.05) is 30.3 Å². The summed E-state index contributed by atoms with van der Waals surface area (Å²) in [7, 11) is 0. The van der Waals surface area contributed by atoms with E-state index in [-0.39, 0.29) is 6.61 Å². The summed E-state index contributed by atoms with van der Waals surface area (Å²) < 4.78 is 4.91. The molecule has 0 amide bonds. The van der Waals surface area contributed by atoms with Gasteiger partial charge in [0, 0.05) is 4.90 Å². The Balaban J connectivity index is 1.89. The first-order valence-corrected chi connectivity index (χ1v) is 5.68. The number of thioether (sulfide) groups is 1. The van der Waals surface area contributed by atoms with Crippen molar-refractivity contribution in [1.29, 1.82) is 0 Å². The second kappa shape index (κ2) is 5.64. The van der Waals surface area contributed by atoms with Crippen LogP contribution in [0.15, 0.2) is 39.8 Å². The molecule has 16 heavy (non-hydrogen) atoms.